The van der Waals surface area contributed by atoms with Gasteiger partial charge >= 0.3 is 0 Å². The fourth-order valence-corrected chi connectivity index (χ4v) is 3.70. The van der Waals surface area contributed by atoms with Crippen molar-refractivity contribution >= 4 is 33.2 Å². The number of carbonyl (C=O) groups excluding carboxylic acids is 1. The minimum Gasteiger partial charge on any atom is -0.339 e. The number of thiophene rings is 1. The van der Waals surface area contributed by atoms with Crippen molar-refractivity contribution in [1.82, 2.24) is 4.90 Å². The van der Waals surface area contributed by atoms with Gasteiger partial charge in [-0.05, 0) is 24.3 Å². The van der Waals surface area contributed by atoms with Crippen LogP contribution >= 0.6 is 27.3 Å². The lowest BCUT2D eigenvalue weighted by atomic mass is 10.1. The maximum atomic E-state index is 12.3. The molecule has 1 aromatic heterocycles. The van der Waals surface area contributed by atoms with E-state index in [0.717, 1.165) is 24.7 Å². The van der Waals surface area contributed by atoms with Crippen molar-refractivity contribution in [2.75, 3.05) is 11.9 Å². The summed E-state index contributed by atoms with van der Waals surface area (Å²) in [6.45, 7) is 0.931. The molecule has 1 aromatic rings. The van der Waals surface area contributed by atoms with Gasteiger partial charge in [-0.1, -0.05) is 34.8 Å². The number of hydrogen-bond acceptors (Lipinski definition) is 2. The van der Waals surface area contributed by atoms with Crippen LogP contribution in [0.15, 0.2) is 17.5 Å². The number of halogens is 1. The third-order valence-corrected chi connectivity index (χ3v) is 4.90. The van der Waals surface area contributed by atoms with Gasteiger partial charge in [-0.3, -0.25) is 4.79 Å². The van der Waals surface area contributed by atoms with Crippen molar-refractivity contribution < 1.29 is 4.79 Å². The second-order valence-electron chi connectivity index (χ2n) is 4.50. The lowest BCUT2D eigenvalue weighted by molar-refractivity contribution is -0.132. The lowest BCUT2D eigenvalue weighted by Crippen LogP contribution is -2.41. The quantitative estimate of drug-likeness (QED) is 0.782. The largest absolute Gasteiger partial charge is 0.339 e. The predicted molar refractivity (Wildman–Crippen MR) is 75.8 cm³/mol. The number of hydrogen-bond donors (Lipinski definition) is 0. The summed E-state index contributed by atoms with van der Waals surface area (Å²) in [6, 6.07) is 4.45. The summed E-state index contributed by atoms with van der Waals surface area (Å²) in [5.41, 5.74) is 0. The van der Waals surface area contributed by atoms with Crippen LogP contribution in [0.5, 0.6) is 0 Å². The summed E-state index contributed by atoms with van der Waals surface area (Å²) in [6.07, 6.45) is 5.37. The first-order valence-corrected chi connectivity index (χ1v) is 8.19. The van der Waals surface area contributed by atoms with Gasteiger partial charge in [0.25, 0.3) is 0 Å². The van der Waals surface area contributed by atoms with Crippen molar-refractivity contribution in [1.29, 1.82) is 0 Å². The molecule has 0 aromatic carbocycles. The first-order chi connectivity index (χ1) is 8.31. The first-order valence-electron chi connectivity index (χ1n) is 6.19. The maximum absolute atomic E-state index is 12.3. The summed E-state index contributed by atoms with van der Waals surface area (Å²) in [4.78, 5) is 15.6. The zero-order chi connectivity index (χ0) is 12.1. The molecular formula is C13H18BrNOS. The molecular weight excluding hydrogens is 298 g/mol. The van der Waals surface area contributed by atoms with E-state index in [9.17, 15) is 4.79 Å². The molecule has 1 amide bonds. The molecule has 1 saturated heterocycles. The topological polar surface area (TPSA) is 20.3 Å². The van der Waals surface area contributed by atoms with Crippen LogP contribution in [0.25, 0.3) is 0 Å². The Morgan fingerprint density at radius 2 is 2.35 bits per heavy atom. The van der Waals surface area contributed by atoms with Gasteiger partial charge in [0.2, 0.25) is 5.91 Å². The lowest BCUT2D eigenvalue weighted by Gasteiger charge is -2.28. The summed E-state index contributed by atoms with van der Waals surface area (Å²) in [7, 11) is 0. The summed E-state index contributed by atoms with van der Waals surface area (Å²) < 4.78 is 0. The number of alkyl halides is 1. The number of carbonyl (C=O) groups is 1. The van der Waals surface area contributed by atoms with Crippen LogP contribution in [0.3, 0.4) is 0 Å². The minimum atomic E-state index is 0.291. The van der Waals surface area contributed by atoms with Gasteiger partial charge in [0.1, 0.15) is 0 Å². The van der Waals surface area contributed by atoms with E-state index in [1.54, 1.807) is 11.3 Å². The zero-order valence-corrected chi connectivity index (χ0v) is 12.3. The molecule has 2 nitrogen and oxygen atoms in total. The van der Waals surface area contributed by atoms with Gasteiger partial charge in [-0.15, -0.1) is 11.3 Å². The predicted octanol–water partition coefficient (Wildman–Crippen LogP) is 3.46. The molecule has 1 unspecified atom stereocenters. The molecule has 4 heteroatoms. The van der Waals surface area contributed by atoms with Crippen LogP contribution in [0.2, 0.25) is 0 Å². The van der Waals surface area contributed by atoms with E-state index < -0.39 is 0 Å². The third-order valence-electron chi connectivity index (χ3n) is 3.28. The van der Waals surface area contributed by atoms with Gasteiger partial charge in [-0.2, -0.15) is 0 Å². The molecule has 0 bridgehead atoms. The average molecular weight is 316 g/mol. The SMILES string of the molecule is O=C(Cc1cccs1)N1CCCCCC1CBr. The molecule has 0 spiro atoms. The third kappa shape index (κ3) is 3.55. The molecule has 2 heterocycles. The van der Waals surface area contributed by atoms with Crippen molar-refractivity contribution in [3.05, 3.63) is 22.4 Å². The van der Waals surface area contributed by atoms with Crippen LogP contribution in [-0.4, -0.2) is 28.7 Å². The van der Waals surface area contributed by atoms with Gasteiger partial charge in [0.15, 0.2) is 0 Å². The Hall–Kier alpha value is -0.350. The van der Waals surface area contributed by atoms with E-state index in [-0.39, 0.29) is 0 Å². The summed E-state index contributed by atoms with van der Waals surface area (Å²) in [5.74, 6) is 0.291. The molecule has 1 aliphatic heterocycles. The van der Waals surface area contributed by atoms with E-state index in [2.05, 4.69) is 20.8 Å². The molecule has 1 fully saturated rings. The zero-order valence-electron chi connectivity index (χ0n) is 9.90. The Bertz CT molecular complexity index is 352. The highest BCUT2D eigenvalue weighted by atomic mass is 79.9. The molecule has 0 aliphatic carbocycles. The standard InChI is InChI=1S/C13H18BrNOS/c14-10-11-5-2-1-3-7-15(11)13(16)9-12-6-4-8-17-12/h4,6,8,11H,1-3,5,7,9-10H2. The monoisotopic (exact) mass is 315 g/mol. The van der Waals surface area contributed by atoms with Crippen LogP contribution in [0.4, 0.5) is 0 Å². The number of nitrogens with zero attached hydrogens (tertiary/aromatic N) is 1. The second kappa shape index (κ2) is 6.55. The summed E-state index contributed by atoms with van der Waals surface area (Å²) >= 11 is 5.21. The Morgan fingerprint density at radius 3 is 3.06 bits per heavy atom. The highest BCUT2D eigenvalue weighted by Gasteiger charge is 2.24. The van der Waals surface area contributed by atoms with E-state index in [4.69, 9.17) is 0 Å². The Kier molecular flexibility index (Phi) is 5.04. The second-order valence-corrected chi connectivity index (χ2v) is 6.18. The van der Waals surface area contributed by atoms with E-state index in [1.807, 2.05) is 17.5 Å². The van der Waals surface area contributed by atoms with Crippen LogP contribution in [-0.2, 0) is 11.2 Å². The van der Waals surface area contributed by atoms with Crippen molar-refractivity contribution in [2.45, 2.75) is 38.1 Å². The average Bonchev–Trinajstić information content (AvgIpc) is 2.71. The highest BCUT2D eigenvalue weighted by molar-refractivity contribution is 9.09. The van der Waals surface area contributed by atoms with Gasteiger partial charge in [-0.25, -0.2) is 0 Å². The van der Waals surface area contributed by atoms with E-state index >= 15 is 0 Å². The molecule has 0 radical (unpaired) electrons. The number of amides is 1. The fraction of sp³-hybridized carbons (Fsp3) is 0.615. The van der Waals surface area contributed by atoms with Crippen molar-refractivity contribution in [3.63, 3.8) is 0 Å². The Balaban J connectivity index is 2.00. The highest BCUT2D eigenvalue weighted by Crippen LogP contribution is 2.20. The molecule has 94 valence electrons. The van der Waals surface area contributed by atoms with Crippen LogP contribution in [0, 0.1) is 0 Å². The molecule has 17 heavy (non-hydrogen) atoms. The molecule has 2 rings (SSSR count). The molecule has 0 N–H and O–H groups in total. The Morgan fingerprint density at radius 1 is 1.47 bits per heavy atom. The smallest absolute Gasteiger partial charge is 0.228 e. The maximum Gasteiger partial charge on any atom is 0.228 e. The van der Waals surface area contributed by atoms with Crippen molar-refractivity contribution in [3.8, 4) is 0 Å². The van der Waals surface area contributed by atoms with Gasteiger partial charge in [0, 0.05) is 22.8 Å². The molecule has 1 atom stereocenters. The van der Waals surface area contributed by atoms with Crippen LogP contribution < -0.4 is 0 Å². The fourth-order valence-electron chi connectivity index (χ4n) is 2.33. The summed E-state index contributed by atoms with van der Waals surface area (Å²) in [5, 5.41) is 2.94. The molecule has 0 saturated carbocycles. The van der Waals surface area contributed by atoms with Gasteiger partial charge < -0.3 is 4.90 Å². The minimum absolute atomic E-state index is 0.291. The van der Waals surface area contributed by atoms with E-state index in [0.29, 0.717) is 18.4 Å². The first kappa shape index (κ1) is 13.1. The van der Waals surface area contributed by atoms with E-state index in [1.165, 1.54) is 17.7 Å². The normalized spacial score (nSPS) is 21.2. The van der Waals surface area contributed by atoms with Gasteiger partial charge in [0.05, 0.1) is 6.42 Å². The van der Waals surface area contributed by atoms with Crippen molar-refractivity contribution in [2.24, 2.45) is 0 Å². The molecule has 1 aliphatic rings. The number of rotatable bonds is 3. The Labute approximate surface area is 115 Å². The number of likely N-dealkylation sites (tertiary alicyclic amines) is 1. The van der Waals surface area contributed by atoms with Crippen LogP contribution in [0.1, 0.15) is 30.6 Å².